The SMILES string of the molecule is NC(=O)c1cc(-c2cccc(CN3CCCC3)c2)cc2c(C3CCN(S(=O)(=O)CCCN4CCCC4)CC3)c[nH]c12. The zero-order valence-corrected chi connectivity index (χ0v) is 24.8. The Morgan fingerprint density at radius 2 is 1.61 bits per heavy atom. The van der Waals surface area contributed by atoms with Gasteiger partial charge >= 0.3 is 0 Å². The number of likely N-dealkylation sites (tertiary alicyclic amines) is 2. The number of carbonyl (C=O) groups is 1. The second-order valence-corrected chi connectivity index (χ2v) is 14.2. The maximum absolute atomic E-state index is 13.1. The van der Waals surface area contributed by atoms with Crippen molar-refractivity contribution >= 4 is 26.8 Å². The van der Waals surface area contributed by atoms with Crippen LogP contribution in [0, 0.1) is 0 Å². The van der Waals surface area contributed by atoms with Crippen molar-refractivity contribution in [2.45, 2.75) is 57.4 Å². The summed E-state index contributed by atoms with van der Waals surface area (Å²) in [6, 6.07) is 12.7. The molecule has 0 radical (unpaired) electrons. The largest absolute Gasteiger partial charge is 0.366 e. The third kappa shape index (κ3) is 6.38. The Labute approximate surface area is 243 Å². The lowest BCUT2D eigenvalue weighted by atomic mass is 9.88. The van der Waals surface area contributed by atoms with Crippen molar-refractivity contribution in [3.05, 3.63) is 59.3 Å². The average molecular weight is 578 g/mol. The highest BCUT2D eigenvalue weighted by Gasteiger charge is 2.30. The summed E-state index contributed by atoms with van der Waals surface area (Å²) in [5.74, 6) is -0.00533. The molecule has 3 aliphatic rings. The van der Waals surface area contributed by atoms with E-state index in [2.05, 4.69) is 45.1 Å². The minimum absolute atomic E-state index is 0.220. The highest BCUT2D eigenvalue weighted by Crippen LogP contribution is 2.37. The van der Waals surface area contributed by atoms with Crippen LogP contribution in [0.4, 0.5) is 0 Å². The molecule has 6 rings (SSSR count). The van der Waals surface area contributed by atoms with E-state index in [0.29, 0.717) is 25.1 Å². The van der Waals surface area contributed by atoms with E-state index in [-0.39, 0.29) is 11.7 Å². The van der Waals surface area contributed by atoms with E-state index in [4.69, 9.17) is 5.73 Å². The van der Waals surface area contributed by atoms with Crippen molar-refractivity contribution in [3.63, 3.8) is 0 Å². The summed E-state index contributed by atoms with van der Waals surface area (Å²) in [6.07, 6.45) is 9.19. The van der Waals surface area contributed by atoms with Gasteiger partial charge in [0.1, 0.15) is 0 Å². The number of hydrogen-bond acceptors (Lipinski definition) is 5. The van der Waals surface area contributed by atoms with Crippen LogP contribution in [0.15, 0.2) is 42.6 Å². The summed E-state index contributed by atoms with van der Waals surface area (Å²) in [7, 11) is -3.25. The Kier molecular flexibility index (Phi) is 8.49. The van der Waals surface area contributed by atoms with E-state index in [9.17, 15) is 13.2 Å². The first-order valence-electron chi connectivity index (χ1n) is 15.3. The fraction of sp³-hybridized carbons (Fsp3) is 0.531. The van der Waals surface area contributed by atoms with Gasteiger partial charge in [0.15, 0.2) is 0 Å². The number of aromatic amines is 1. The van der Waals surface area contributed by atoms with Crippen LogP contribution in [0.5, 0.6) is 0 Å². The predicted octanol–water partition coefficient (Wildman–Crippen LogP) is 4.52. The van der Waals surface area contributed by atoms with E-state index in [1.807, 2.05) is 12.3 Å². The van der Waals surface area contributed by atoms with Gasteiger partial charge in [0, 0.05) is 31.2 Å². The number of nitrogens with two attached hydrogens (primary N) is 1. The second kappa shape index (κ2) is 12.3. The van der Waals surface area contributed by atoms with Gasteiger partial charge in [0.25, 0.3) is 5.91 Å². The molecule has 8 nitrogen and oxygen atoms in total. The zero-order chi connectivity index (χ0) is 28.4. The Morgan fingerprint density at radius 1 is 0.902 bits per heavy atom. The molecule has 0 bridgehead atoms. The molecule has 220 valence electrons. The van der Waals surface area contributed by atoms with Crippen molar-refractivity contribution in [1.29, 1.82) is 0 Å². The van der Waals surface area contributed by atoms with E-state index in [1.165, 1.54) is 31.2 Å². The first-order chi connectivity index (χ1) is 19.9. The molecule has 0 unspecified atom stereocenters. The Bertz CT molecular complexity index is 1480. The maximum atomic E-state index is 13.1. The number of amides is 1. The molecule has 0 saturated carbocycles. The molecule has 3 saturated heterocycles. The number of fused-ring (bicyclic) bond motifs is 1. The van der Waals surface area contributed by atoms with Gasteiger partial charge in [0.2, 0.25) is 10.0 Å². The Balaban J connectivity index is 1.19. The number of hydrogen-bond donors (Lipinski definition) is 2. The fourth-order valence-corrected chi connectivity index (χ4v) is 8.57. The molecule has 1 aromatic heterocycles. The maximum Gasteiger partial charge on any atom is 0.250 e. The van der Waals surface area contributed by atoms with Gasteiger partial charge in [-0.25, -0.2) is 12.7 Å². The van der Waals surface area contributed by atoms with Crippen LogP contribution >= 0.6 is 0 Å². The molecule has 3 aliphatic heterocycles. The molecule has 3 aromatic rings. The van der Waals surface area contributed by atoms with Crippen molar-refractivity contribution in [1.82, 2.24) is 19.1 Å². The van der Waals surface area contributed by atoms with Gasteiger partial charge in [0.05, 0.1) is 16.8 Å². The van der Waals surface area contributed by atoms with Crippen LogP contribution in [0.3, 0.4) is 0 Å². The molecular formula is C32H43N5O3S. The lowest BCUT2D eigenvalue weighted by Gasteiger charge is -2.31. The van der Waals surface area contributed by atoms with E-state index in [1.54, 1.807) is 4.31 Å². The standard InChI is InChI=1S/C32H43N5O3S/c33-32(38)29-21-27(26-8-5-7-24(19-26)23-36-13-3-4-14-36)20-28-30(22-34-31(28)29)25-9-16-37(17-10-25)41(39,40)18-6-15-35-11-1-2-12-35/h5,7-8,19-22,25,34H,1-4,6,9-18,23H2,(H2,33,38). The molecular weight excluding hydrogens is 534 g/mol. The predicted molar refractivity (Wildman–Crippen MR) is 164 cm³/mol. The number of primary amides is 1. The van der Waals surface area contributed by atoms with Gasteiger partial charge in [-0.3, -0.25) is 9.69 Å². The smallest absolute Gasteiger partial charge is 0.250 e. The summed E-state index contributed by atoms with van der Waals surface area (Å²) >= 11 is 0. The van der Waals surface area contributed by atoms with Crippen molar-refractivity contribution in [2.24, 2.45) is 5.73 Å². The normalized spacial score (nSPS) is 19.9. The van der Waals surface area contributed by atoms with Crippen LogP contribution < -0.4 is 5.73 Å². The summed E-state index contributed by atoms with van der Waals surface area (Å²) < 4.78 is 27.8. The number of aromatic nitrogens is 1. The number of nitrogens with one attached hydrogen (secondary N) is 1. The highest BCUT2D eigenvalue weighted by atomic mass is 32.2. The van der Waals surface area contributed by atoms with E-state index >= 15 is 0 Å². The quantitative estimate of drug-likeness (QED) is 0.369. The molecule has 4 heterocycles. The second-order valence-electron chi connectivity index (χ2n) is 12.1. The van der Waals surface area contributed by atoms with Crippen molar-refractivity contribution < 1.29 is 13.2 Å². The first-order valence-corrected chi connectivity index (χ1v) is 16.9. The zero-order valence-electron chi connectivity index (χ0n) is 24.0. The summed E-state index contributed by atoms with van der Waals surface area (Å²) in [5.41, 5.74) is 11.6. The molecule has 0 aliphatic carbocycles. The minimum Gasteiger partial charge on any atom is -0.366 e. The number of nitrogens with zero attached hydrogens (tertiary/aromatic N) is 3. The summed E-state index contributed by atoms with van der Waals surface area (Å²) in [5, 5.41) is 1.01. The molecule has 2 aromatic carbocycles. The van der Waals surface area contributed by atoms with Crippen LogP contribution in [-0.4, -0.2) is 85.0 Å². The van der Waals surface area contributed by atoms with E-state index < -0.39 is 15.9 Å². The average Bonchev–Trinajstić information content (AvgIpc) is 3.75. The minimum atomic E-state index is -3.25. The highest BCUT2D eigenvalue weighted by molar-refractivity contribution is 7.89. The van der Waals surface area contributed by atoms with E-state index in [0.717, 1.165) is 79.7 Å². The number of H-pyrrole nitrogens is 1. The molecule has 1 amide bonds. The molecule has 3 fully saturated rings. The summed E-state index contributed by atoms with van der Waals surface area (Å²) in [6.45, 7) is 7.36. The third-order valence-electron chi connectivity index (χ3n) is 9.31. The molecule has 41 heavy (non-hydrogen) atoms. The van der Waals surface area contributed by atoms with Gasteiger partial charge in [-0.1, -0.05) is 18.2 Å². The number of benzene rings is 2. The molecule has 9 heteroatoms. The van der Waals surface area contributed by atoms with Crippen LogP contribution in [0.25, 0.3) is 22.0 Å². The third-order valence-corrected chi connectivity index (χ3v) is 11.3. The Hall–Kier alpha value is -2.72. The molecule has 3 N–H and O–H groups in total. The van der Waals surface area contributed by atoms with Crippen LogP contribution in [0.1, 0.15) is 72.3 Å². The lowest BCUT2D eigenvalue weighted by Crippen LogP contribution is -2.39. The monoisotopic (exact) mass is 577 g/mol. The number of piperidine rings is 1. The van der Waals surface area contributed by atoms with Gasteiger partial charge in [-0.05, 0) is 124 Å². The molecule has 0 spiro atoms. The van der Waals surface area contributed by atoms with Crippen molar-refractivity contribution in [3.8, 4) is 11.1 Å². The summed E-state index contributed by atoms with van der Waals surface area (Å²) in [4.78, 5) is 20.7. The van der Waals surface area contributed by atoms with Crippen LogP contribution in [0.2, 0.25) is 0 Å². The first kappa shape index (κ1) is 28.4. The molecule has 0 atom stereocenters. The van der Waals surface area contributed by atoms with Crippen LogP contribution in [-0.2, 0) is 16.6 Å². The Morgan fingerprint density at radius 3 is 2.32 bits per heavy atom. The number of rotatable bonds is 10. The lowest BCUT2D eigenvalue weighted by molar-refractivity contribution is 0.100. The van der Waals surface area contributed by atoms with Gasteiger partial charge < -0.3 is 15.6 Å². The number of carbonyl (C=O) groups excluding carboxylic acids is 1. The number of sulfonamides is 1. The van der Waals surface area contributed by atoms with Crippen molar-refractivity contribution in [2.75, 3.05) is 51.6 Å². The fourth-order valence-electron chi connectivity index (χ4n) is 7.05. The van der Waals surface area contributed by atoms with Gasteiger partial charge in [-0.2, -0.15) is 0 Å². The van der Waals surface area contributed by atoms with Gasteiger partial charge in [-0.15, -0.1) is 0 Å². The topological polar surface area (TPSA) is 103 Å².